The maximum Gasteiger partial charge on any atom is 0.253 e. The highest BCUT2D eigenvalue weighted by Gasteiger charge is 2.33. The van der Waals surface area contributed by atoms with Crippen LogP contribution in [0.5, 0.6) is 0 Å². The number of likely N-dealkylation sites (tertiary alicyclic amines) is 1. The lowest BCUT2D eigenvalue weighted by Gasteiger charge is -2.39. The van der Waals surface area contributed by atoms with Crippen LogP contribution < -0.4 is 0 Å². The zero-order valence-electron chi connectivity index (χ0n) is 22.1. The van der Waals surface area contributed by atoms with E-state index < -0.39 is 10.0 Å². The van der Waals surface area contributed by atoms with Crippen molar-refractivity contribution >= 4 is 33.4 Å². The number of piperidine rings is 1. The van der Waals surface area contributed by atoms with E-state index in [2.05, 4.69) is 0 Å². The summed E-state index contributed by atoms with van der Waals surface area (Å²) >= 11 is 6.08. The van der Waals surface area contributed by atoms with Gasteiger partial charge in [-0.1, -0.05) is 73.1 Å². The monoisotopic (exact) mass is 567 g/mol. The SMILES string of the molecule is CCCN(CC(=O)N(Cc1ccccc1)C1CCN(C(=O)c2cccc(Cl)c2)CC1)S(=O)(=O)c1ccccc1. The summed E-state index contributed by atoms with van der Waals surface area (Å²) in [5.74, 6) is -0.327. The largest absolute Gasteiger partial charge is 0.338 e. The van der Waals surface area contributed by atoms with Crippen LogP contribution in [0.3, 0.4) is 0 Å². The van der Waals surface area contributed by atoms with Gasteiger partial charge in [-0.15, -0.1) is 0 Å². The van der Waals surface area contributed by atoms with Crippen molar-refractivity contribution in [2.24, 2.45) is 0 Å². The first-order chi connectivity index (χ1) is 18.8. The summed E-state index contributed by atoms with van der Waals surface area (Å²) in [4.78, 5) is 30.6. The van der Waals surface area contributed by atoms with Crippen molar-refractivity contribution in [1.29, 1.82) is 0 Å². The molecule has 0 atom stereocenters. The molecule has 0 radical (unpaired) electrons. The number of carbonyl (C=O) groups excluding carboxylic acids is 2. The van der Waals surface area contributed by atoms with Gasteiger partial charge in [0.05, 0.1) is 11.4 Å². The Bertz CT molecular complexity index is 1360. The van der Waals surface area contributed by atoms with Crippen LogP contribution >= 0.6 is 11.6 Å². The topological polar surface area (TPSA) is 78.0 Å². The Hall–Kier alpha value is -3.20. The first-order valence-electron chi connectivity index (χ1n) is 13.2. The molecule has 2 amide bonds. The van der Waals surface area contributed by atoms with Gasteiger partial charge < -0.3 is 9.80 Å². The van der Waals surface area contributed by atoms with E-state index in [4.69, 9.17) is 11.6 Å². The minimum Gasteiger partial charge on any atom is -0.338 e. The number of halogens is 1. The maximum absolute atomic E-state index is 13.8. The maximum atomic E-state index is 13.8. The molecule has 1 aliphatic heterocycles. The van der Waals surface area contributed by atoms with Crippen LogP contribution in [-0.4, -0.2) is 66.6 Å². The molecule has 39 heavy (non-hydrogen) atoms. The van der Waals surface area contributed by atoms with Gasteiger partial charge in [-0.25, -0.2) is 8.42 Å². The highest BCUT2D eigenvalue weighted by Crippen LogP contribution is 2.23. The van der Waals surface area contributed by atoms with Crippen LogP contribution in [0.15, 0.2) is 89.8 Å². The van der Waals surface area contributed by atoms with E-state index in [-0.39, 0.29) is 35.8 Å². The molecule has 0 N–H and O–H groups in total. The Morgan fingerprint density at radius 1 is 0.923 bits per heavy atom. The Kier molecular flexibility index (Phi) is 9.78. The van der Waals surface area contributed by atoms with Crippen molar-refractivity contribution in [2.75, 3.05) is 26.2 Å². The van der Waals surface area contributed by atoms with E-state index in [0.717, 1.165) is 5.56 Å². The fraction of sp³-hybridized carbons (Fsp3) is 0.333. The number of benzene rings is 3. The quantitative estimate of drug-likeness (QED) is 0.342. The average molecular weight is 568 g/mol. The standard InChI is InChI=1S/C30H34ClN3O4S/c1-2-18-33(39(37,38)28-14-7-4-8-15-28)23-29(35)34(22-24-10-5-3-6-11-24)27-16-19-32(20-17-27)30(36)25-12-9-13-26(31)21-25/h3-15,21,27H,2,16-20,22-23H2,1H3. The first-order valence-corrected chi connectivity index (χ1v) is 15.0. The van der Waals surface area contributed by atoms with Gasteiger partial charge in [0.15, 0.2) is 0 Å². The summed E-state index contributed by atoms with van der Waals surface area (Å²) in [5.41, 5.74) is 1.51. The molecule has 0 unspecified atom stereocenters. The fourth-order valence-corrected chi connectivity index (χ4v) is 6.60. The van der Waals surface area contributed by atoms with Crippen molar-refractivity contribution in [3.63, 3.8) is 0 Å². The molecule has 1 fully saturated rings. The second-order valence-corrected chi connectivity index (χ2v) is 12.1. The number of hydrogen-bond acceptors (Lipinski definition) is 4. The summed E-state index contributed by atoms with van der Waals surface area (Å²) in [7, 11) is -3.83. The van der Waals surface area contributed by atoms with Gasteiger partial charge in [0, 0.05) is 42.8 Å². The number of amides is 2. The van der Waals surface area contributed by atoms with Gasteiger partial charge in [0.1, 0.15) is 0 Å². The molecule has 9 heteroatoms. The molecule has 7 nitrogen and oxygen atoms in total. The summed E-state index contributed by atoms with van der Waals surface area (Å²) in [5, 5.41) is 0.512. The predicted molar refractivity (Wildman–Crippen MR) is 153 cm³/mol. The van der Waals surface area contributed by atoms with Gasteiger partial charge in [-0.3, -0.25) is 9.59 Å². The van der Waals surface area contributed by atoms with Crippen LogP contribution in [-0.2, 0) is 21.4 Å². The van der Waals surface area contributed by atoms with Crippen molar-refractivity contribution in [3.05, 3.63) is 101 Å². The molecule has 1 saturated heterocycles. The van der Waals surface area contributed by atoms with E-state index >= 15 is 0 Å². The Labute approximate surface area is 236 Å². The fourth-order valence-electron chi connectivity index (χ4n) is 4.90. The lowest BCUT2D eigenvalue weighted by molar-refractivity contribution is -0.135. The average Bonchev–Trinajstić information content (AvgIpc) is 2.96. The number of nitrogens with zero attached hydrogens (tertiary/aromatic N) is 3. The third kappa shape index (κ3) is 7.26. The summed E-state index contributed by atoms with van der Waals surface area (Å²) in [6.07, 6.45) is 1.79. The number of rotatable bonds is 10. The molecular formula is C30H34ClN3O4S. The van der Waals surface area contributed by atoms with Gasteiger partial charge in [-0.2, -0.15) is 4.31 Å². The third-order valence-electron chi connectivity index (χ3n) is 6.95. The molecule has 3 aromatic carbocycles. The van der Waals surface area contributed by atoms with E-state index in [1.54, 1.807) is 64.4 Å². The van der Waals surface area contributed by atoms with E-state index in [1.165, 1.54) is 4.31 Å². The summed E-state index contributed by atoms with van der Waals surface area (Å²) < 4.78 is 28.1. The van der Waals surface area contributed by atoms with Crippen molar-refractivity contribution in [2.45, 2.75) is 43.7 Å². The first kappa shape index (κ1) is 28.8. The smallest absolute Gasteiger partial charge is 0.253 e. The molecule has 0 saturated carbocycles. The van der Waals surface area contributed by atoms with Crippen LogP contribution in [0.2, 0.25) is 5.02 Å². The van der Waals surface area contributed by atoms with Crippen LogP contribution in [0, 0.1) is 0 Å². The molecular weight excluding hydrogens is 534 g/mol. The lowest BCUT2D eigenvalue weighted by Crippen LogP contribution is -2.51. The summed E-state index contributed by atoms with van der Waals surface area (Å²) in [6.45, 7) is 3.27. The van der Waals surface area contributed by atoms with E-state index in [0.29, 0.717) is 49.5 Å². The molecule has 206 valence electrons. The minimum absolute atomic E-state index is 0.0834. The molecule has 1 heterocycles. The lowest BCUT2D eigenvalue weighted by atomic mass is 10.0. The highest BCUT2D eigenvalue weighted by molar-refractivity contribution is 7.89. The van der Waals surface area contributed by atoms with Gasteiger partial charge >= 0.3 is 0 Å². The Balaban J connectivity index is 1.52. The van der Waals surface area contributed by atoms with Crippen molar-refractivity contribution in [1.82, 2.24) is 14.1 Å². The molecule has 0 spiro atoms. The van der Waals surface area contributed by atoms with E-state index in [1.807, 2.05) is 37.3 Å². The van der Waals surface area contributed by atoms with Gasteiger partial charge in [0.2, 0.25) is 15.9 Å². The van der Waals surface area contributed by atoms with Crippen LogP contribution in [0.25, 0.3) is 0 Å². The highest BCUT2D eigenvalue weighted by atomic mass is 35.5. The van der Waals surface area contributed by atoms with Gasteiger partial charge in [0.25, 0.3) is 5.91 Å². The summed E-state index contributed by atoms with van der Waals surface area (Å²) in [6, 6.07) is 24.7. The molecule has 3 aromatic rings. The number of hydrogen-bond donors (Lipinski definition) is 0. The van der Waals surface area contributed by atoms with E-state index in [9.17, 15) is 18.0 Å². The number of sulfonamides is 1. The molecule has 0 aliphatic carbocycles. The van der Waals surface area contributed by atoms with Crippen LogP contribution in [0.4, 0.5) is 0 Å². The Morgan fingerprint density at radius 3 is 2.18 bits per heavy atom. The predicted octanol–water partition coefficient (Wildman–Crippen LogP) is 5.07. The van der Waals surface area contributed by atoms with Crippen molar-refractivity contribution in [3.8, 4) is 0 Å². The zero-order chi connectivity index (χ0) is 27.8. The minimum atomic E-state index is -3.83. The second kappa shape index (κ2) is 13.2. The number of carbonyl (C=O) groups is 2. The van der Waals surface area contributed by atoms with Crippen molar-refractivity contribution < 1.29 is 18.0 Å². The molecule has 0 aromatic heterocycles. The molecule has 1 aliphatic rings. The van der Waals surface area contributed by atoms with Gasteiger partial charge in [-0.05, 0) is 55.2 Å². The zero-order valence-corrected chi connectivity index (χ0v) is 23.7. The Morgan fingerprint density at radius 2 is 1.56 bits per heavy atom. The normalized spacial score (nSPS) is 14.4. The third-order valence-corrected chi connectivity index (χ3v) is 9.04. The molecule has 0 bridgehead atoms. The molecule has 4 rings (SSSR count). The second-order valence-electron chi connectivity index (χ2n) is 9.69. The van der Waals surface area contributed by atoms with Crippen LogP contribution in [0.1, 0.15) is 42.1 Å².